The van der Waals surface area contributed by atoms with E-state index >= 15 is 0 Å². The van der Waals surface area contributed by atoms with Crippen molar-refractivity contribution in [1.29, 1.82) is 0 Å². The van der Waals surface area contributed by atoms with Crippen LogP contribution in [-0.4, -0.2) is 30.7 Å². The average molecular weight is 412 g/mol. The van der Waals surface area contributed by atoms with Gasteiger partial charge in [0.1, 0.15) is 5.69 Å². The Morgan fingerprint density at radius 1 is 1.18 bits per heavy atom. The molecular weight excluding hydrogens is 396 g/mol. The number of hydrogen-bond donors (Lipinski definition) is 0. The number of fused-ring (bicyclic) bond motifs is 1. The quantitative estimate of drug-likeness (QED) is 0.476. The van der Waals surface area contributed by atoms with Crippen LogP contribution in [0.25, 0.3) is 0 Å². The summed E-state index contributed by atoms with van der Waals surface area (Å²) in [5, 5.41) is 16.1. The molecule has 0 saturated heterocycles. The highest BCUT2D eigenvalue weighted by Gasteiger charge is 2.33. The predicted octanol–water partition coefficient (Wildman–Crippen LogP) is 3.71. The van der Waals surface area contributed by atoms with E-state index in [9.17, 15) is 14.9 Å². The Hall–Kier alpha value is -2.65. The van der Waals surface area contributed by atoms with E-state index in [1.807, 2.05) is 35.0 Å². The first-order valence-electron chi connectivity index (χ1n) is 8.59. The molecule has 0 bridgehead atoms. The molecule has 3 aromatic rings. The van der Waals surface area contributed by atoms with Gasteiger partial charge < -0.3 is 0 Å². The lowest BCUT2D eigenvalue weighted by Crippen LogP contribution is -2.35. The molecule has 9 heteroatoms. The Kier molecular flexibility index (Phi) is 5.19. The lowest BCUT2D eigenvalue weighted by Gasteiger charge is -2.33. The van der Waals surface area contributed by atoms with Crippen molar-refractivity contribution < 1.29 is 4.92 Å². The molecule has 0 fully saturated rings. The van der Waals surface area contributed by atoms with Crippen molar-refractivity contribution in [3.8, 4) is 0 Å². The van der Waals surface area contributed by atoms with Gasteiger partial charge >= 0.3 is 0 Å². The summed E-state index contributed by atoms with van der Waals surface area (Å²) < 4.78 is 1.84. The van der Waals surface area contributed by atoms with Crippen LogP contribution in [0, 0.1) is 17.0 Å². The lowest BCUT2D eigenvalue weighted by molar-refractivity contribution is -0.384. The van der Waals surface area contributed by atoms with E-state index in [2.05, 4.69) is 10.1 Å². The van der Waals surface area contributed by atoms with Crippen LogP contribution in [0.3, 0.4) is 0 Å². The highest BCUT2D eigenvalue weighted by atomic mass is 32.2. The molecule has 0 unspecified atom stereocenters. The molecular formula is C19H16N4O3S2. The first-order chi connectivity index (χ1) is 13.5. The number of rotatable bonds is 4. The summed E-state index contributed by atoms with van der Waals surface area (Å²) in [6, 6.07) is 16.5. The molecule has 0 radical (unpaired) electrons. The molecule has 7 nitrogen and oxygen atoms in total. The first kappa shape index (κ1) is 18.7. The van der Waals surface area contributed by atoms with Gasteiger partial charge in [0.2, 0.25) is 0 Å². The fourth-order valence-corrected chi connectivity index (χ4v) is 5.53. The molecule has 1 aliphatic heterocycles. The maximum Gasteiger partial charge on any atom is 0.295 e. The third-order valence-corrected chi connectivity index (χ3v) is 6.97. The molecule has 1 aromatic heterocycles. The number of thioether (sulfide) groups is 2. The molecule has 0 aliphatic carbocycles. The SMILES string of the molecule is Cc1nn2c(nc1=O)SC[C@@H](Sc1ccc([N+](=O)[O-])cc1)[C@@H]2c1ccccc1. The summed E-state index contributed by atoms with van der Waals surface area (Å²) in [7, 11) is 0. The topological polar surface area (TPSA) is 90.9 Å². The van der Waals surface area contributed by atoms with Gasteiger partial charge in [-0.3, -0.25) is 14.9 Å². The molecule has 28 heavy (non-hydrogen) atoms. The summed E-state index contributed by atoms with van der Waals surface area (Å²) in [5.41, 5.74) is 1.23. The van der Waals surface area contributed by atoms with Crippen molar-refractivity contribution in [2.24, 2.45) is 0 Å². The number of non-ortho nitro benzene ring substituents is 1. The van der Waals surface area contributed by atoms with Gasteiger partial charge in [-0.05, 0) is 24.6 Å². The van der Waals surface area contributed by atoms with Crippen molar-refractivity contribution in [3.05, 3.63) is 86.3 Å². The van der Waals surface area contributed by atoms with Crippen molar-refractivity contribution in [2.75, 3.05) is 5.75 Å². The van der Waals surface area contributed by atoms with Crippen molar-refractivity contribution in [1.82, 2.24) is 14.8 Å². The molecule has 2 heterocycles. The van der Waals surface area contributed by atoms with E-state index in [1.54, 1.807) is 30.8 Å². The second kappa shape index (κ2) is 7.76. The highest BCUT2D eigenvalue weighted by Crippen LogP contribution is 2.42. The zero-order chi connectivity index (χ0) is 19.7. The zero-order valence-electron chi connectivity index (χ0n) is 14.9. The fraction of sp³-hybridized carbons (Fsp3) is 0.211. The Labute approximate surface area is 169 Å². The number of hydrogen-bond acceptors (Lipinski definition) is 7. The van der Waals surface area contributed by atoms with E-state index in [0.29, 0.717) is 10.9 Å². The summed E-state index contributed by atoms with van der Waals surface area (Å²) in [4.78, 5) is 27.6. The standard InChI is InChI=1S/C19H16N4O3S2/c1-12-18(24)20-19-22(21-12)17(13-5-3-2-4-6-13)16(11-27-19)28-15-9-7-14(8-10-15)23(25)26/h2-10,16-17H,11H2,1H3/t16-,17+/m1/s1. The van der Waals surface area contributed by atoms with Crippen LogP contribution in [0.4, 0.5) is 5.69 Å². The van der Waals surface area contributed by atoms with E-state index in [1.165, 1.54) is 23.9 Å². The molecule has 4 rings (SSSR count). The molecule has 142 valence electrons. The predicted molar refractivity (Wildman–Crippen MR) is 109 cm³/mol. The summed E-state index contributed by atoms with van der Waals surface area (Å²) >= 11 is 3.16. The summed E-state index contributed by atoms with van der Waals surface area (Å²) in [5.74, 6) is 0.748. The second-order valence-corrected chi connectivity index (χ2v) is 8.60. The van der Waals surface area contributed by atoms with Gasteiger partial charge in [0.05, 0.1) is 11.0 Å². The molecule has 0 saturated carbocycles. The minimum absolute atomic E-state index is 0.0752. The number of aryl methyl sites for hydroxylation is 1. The number of nitro benzene ring substituents is 1. The van der Waals surface area contributed by atoms with Crippen LogP contribution >= 0.6 is 23.5 Å². The third-order valence-electron chi connectivity index (χ3n) is 4.43. The van der Waals surface area contributed by atoms with E-state index in [0.717, 1.165) is 16.2 Å². The van der Waals surface area contributed by atoms with Gasteiger partial charge in [-0.15, -0.1) is 11.8 Å². The van der Waals surface area contributed by atoms with Crippen molar-refractivity contribution in [2.45, 2.75) is 28.3 Å². The van der Waals surface area contributed by atoms with Gasteiger partial charge in [-0.1, -0.05) is 42.1 Å². The van der Waals surface area contributed by atoms with Gasteiger partial charge in [0.25, 0.3) is 11.2 Å². The summed E-state index contributed by atoms with van der Waals surface area (Å²) in [6.45, 7) is 1.67. The molecule has 2 aromatic carbocycles. The summed E-state index contributed by atoms with van der Waals surface area (Å²) in [6.07, 6.45) is 0. The molecule has 0 amide bonds. The molecule has 0 N–H and O–H groups in total. The van der Waals surface area contributed by atoms with Gasteiger partial charge in [0.15, 0.2) is 5.16 Å². The van der Waals surface area contributed by atoms with Crippen molar-refractivity contribution in [3.63, 3.8) is 0 Å². The van der Waals surface area contributed by atoms with Crippen LogP contribution in [0.15, 0.2) is 69.4 Å². The maximum absolute atomic E-state index is 11.9. The minimum atomic E-state index is -0.400. The maximum atomic E-state index is 11.9. The second-order valence-electron chi connectivity index (χ2n) is 6.30. The zero-order valence-corrected chi connectivity index (χ0v) is 16.5. The fourth-order valence-electron chi connectivity index (χ4n) is 3.08. The monoisotopic (exact) mass is 412 g/mol. The molecule has 0 spiro atoms. The normalized spacial score (nSPS) is 18.5. The number of nitrogens with zero attached hydrogens (tertiary/aromatic N) is 4. The van der Waals surface area contributed by atoms with Gasteiger partial charge in [-0.25, -0.2) is 4.68 Å². The van der Waals surface area contributed by atoms with Crippen LogP contribution in [0.5, 0.6) is 0 Å². The highest BCUT2D eigenvalue weighted by molar-refractivity contribution is 8.03. The van der Waals surface area contributed by atoms with Crippen LogP contribution < -0.4 is 5.56 Å². The Balaban J connectivity index is 1.72. The molecule has 2 atom stereocenters. The largest absolute Gasteiger partial charge is 0.295 e. The van der Waals surface area contributed by atoms with Crippen LogP contribution in [0.1, 0.15) is 17.3 Å². The Morgan fingerprint density at radius 2 is 1.89 bits per heavy atom. The molecule has 1 aliphatic rings. The van der Waals surface area contributed by atoms with Gasteiger partial charge in [0, 0.05) is 28.0 Å². The first-order valence-corrected chi connectivity index (χ1v) is 10.5. The average Bonchev–Trinajstić information content (AvgIpc) is 2.70. The Bertz CT molecular complexity index is 1070. The van der Waals surface area contributed by atoms with Crippen LogP contribution in [-0.2, 0) is 0 Å². The van der Waals surface area contributed by atoms with E-state index < -0.39 is 4.92 Å². The number of benzene rings is 2. The smallest absolute Gasteiger partial charge is 0.265 e. The van der Waals surface area contributed by atoms with E-state index in [-0.39, 0.29) is 22.5 Å². The van der Waals surface area contributed by atoms with Crippen molar-refractivity contribution >= 4 is 29.2 Å². The van der Waals surface area contributed by atoms with Crippen LogP contribution in [0.2, 0.25) is 0 Å². The number of nitro groups is 1. The lowest BCUT2D eigenvalue weighted by atomic mass is 10.0. The Morgan fingerprint density at radius 3 is 2.57 bits per heavy atom. The number of aromatic nitrogens is 3. The van der Waals surface area contributed by atoms with Gasteiger partial charge in [-0.2, -0.15) is 10.1 Å². The minimum Gasteiger partial charge on any atom is -0.265 e. The van der Waals surface area contributed by atoms with E-state index in [4.69, 9.17) is 0 Å². The third kappa shape index (κ3) is 3.67.